The molecule has 1 aromatic heterocycles. The summed E-state index contributed by atoms with van der Waals surface area (Å²) in [7, 11) is 1.94. The molecule has 30 heavy (non-hydrogen) atoms. The van der Waals surface area contributed by atoms with Crippen LogP contribution in [0.3, 0.4) is 0 Å². The molecule has 0 fully saturated rings. The van der Waals surface area contributed by atoms with E-state index >= 15 is 0 Å². The Morgan fingerprint density at radius 2 is 1.23 bits per heavy atom. The number of carbonyl (C=O) groups excluding carboxylic acids is 2. The second kappa shape index (κ2) is 8.17. The van der Waals surface area contributed by atoms with Gasteiger partial charge in [0, 0.05) is 13.0 Å². The Labute approximate surface area is 174 Å². The van der Waals surface area contributed by atoms with Gasteiger partial charge in [0.15, 0.2) is 23.4 Å². The number of aromatic nitrogens is 1. The van der Waals surface area contributed by atoms with Gasteiger partial charge in [-0.25, -0.2) is 14.2 Å². The molecule has 0 radical (unpaired) electrons. The van der Waals surface area contributed by atoms with E-state index in [4.69, 9.17) is 9.47 Å². The van der Waals surface area contributed by atoms with E-state index in [2.05, 4.69) is 0 Å². The number of ether oxygens (including phenoxy) is 2. The van der Waals surface area contributed by atoms with Crippen LogP contribution in [-0.4, -0.2) is 11.9 Å². The summed E-state index contributed by atoms with van der Waals surface area (Å²) in [6.07, 6.45) is 1.93. The summed E-state index contributed by atoms with van der Waals surface area (Å²) in [5, 5.41) is 1.77. The third kappa shape index (κ3) is 3.91. The number of esters is 2. The Morgan fingerprint density at radius 3 is 1.77 bits per heavy atom. The Balaban J connectivity index is 1.76. The second-order valence-electron chi connectivity index (χ2n) is 6.91. The first-order valence-electron chi connectivity index (χ1n) is 9.50. The Kier molecular flexibility index (Phi) is 5.26. The number of hydrogen-bond acceptors (Lipinski definition) is 4. The van der Waals surface area contributed by atoms with Gasteiger partial charge in [-0.2, -0.15) is 0 Å². The van der Waals surface area contributed by atoms with Crippen LogP contribution in [0, 0.1) is 6.92 Å². The van der Waals surface area contributed by atoms with Crippen LogP contribution in [0.5, 0.6) is 11.5 Å². The third-order valence-electron chi connectivity index (χ3n) is 4.94. The predicted octanol–water partition coefficient (Wildman–Crippen LogP) is 4.41. The lowest BCUT2D eigenvalue weighted by molar-refractivity contribution is -0.676. The van der Waals surface area contributed by atoms with E-state index in [0.717, 1.165) is 16.5 Å². The van der Waals surface area contributed by atoms with E-state index in [-0.39, 0.29) is 11.5 Å². The molecule has 5 nitrogen and oxygen atoms in total. The molecule has 1 heterocycles. The van der Waals surface area contributed by atoms with Gasteiger partial charge in [-0.1, -0.05) is 36.4 Å². The zero-order chi connectivity index (χ0) is 21.1. The maximum Gasteiger partial charge on any atom is 0.343 e. The predicted molar refractivity (Wildman–Crippen MR) is 113 cm³/mol. The van der Waals surface area contributed by atoms with E-state index in [1.54, 1.807) is 60.7 Å². The normalized spacial score (nSPS) is 10.6. The Morgan fingerprint density at radius 1 is 0.733 bits per heavy atom. The van der Waals surface area contributed by atoms with Crippen molar-refractivity contribution in [2.75, 3.05) is 0 Å². The molecule has 4 aromatic rings. The SMILES string of the molecule is Cc1c2cc(OC(=O)c3ccccc3)c(OC(=O)c3ccccc3)cc2cc[n+]1C. The van der Waals surface area contributed by atoms with E-state index in [1.165, 1.54) is 0 Å². The molecule has 0 N–H and O–H groups in total. The van der Waals surface area contributed by atoms with Gasteiger partial charge in [0.05, 0.1) is 16.5 Å². The summed E-state index contributed by atoms with van der Waals surface area (Å²) in [6, 6.07) is 22.7. The average Bonchev–Trinajstić information content (AvgIpc) is 2.78. The molecule has 0 aliphatic heterocycles. The summed E-state index contributed by atoms with van der Waals surface area (Å²) in [5.74, 6) is -0.668. The fourth-order valence-corrected chi connectivity index (χ4v) is 3.15. The first kappa shape index (κ1) is 19.3. The fourth-order valence-electron chi connectivity index (χ4n) is 3.15. The molecule has 0 aliphatic rings. The number of fused-ring (bicyclic) bond motifs is 1. The number of benzene rings is 3. The quantitative estimate of drug-likeness (QED) is 0.290. The van der Waals surface area contributed by atoms with Crippen LogP contribution in [0.15, 0.2) is 85.1 Å². The third-order valence-corrected chi connectivity index (χ3v) is 4.94. The van der Waals surface area contributed by atoms with Crippen LogP contribution in [0.1, 0.15) is 26.4 Å². The number of carbonyl (C=O) groups is 2. The van der Waals surface area contributed by atoms with Crippen molar-refractivity contribution in [3.05, 3.63) is 102 Å². The largest absolute Gasteiger partial charge is 0.419 e. The number of aryl methyl sites for hydroxylation is 2. The number of hydrogen-bond donors (Lipinski definition) is 0. The average molecular weight is 398 g/mol. The van der Waals surface area contributed by atoms with Crippen LogP contribution < -0.4 is 14.0 Å². The molecule has 0 saturated carbocycles. The molecule has 5 heteroatoms. The van der Waals surface area contributed by atoms with Crippen molar-refractivity contribution >= 4 is 22.7 Å². The maximum absolute atomic E-state index is 12.6. The molecular formula is C25H20NO4+. The summed E-state index contributed by atoms with van der Waals surface area (Å²) in [5.41, 5.74) is 1.81. The highest BCUT2D eigenvalue weighted by molar-refractivity contribution is 5.95. The molecule has 148 valence electrons. The van der Waals surface area contributed by atoms with Gasteiger partial charge >= 0.3 is 11.9 Å². The molecule has 4 rings (SSSR count). The van der Waals surface area contributed by atoms with Crippen molar-refractivity contribution in [3.8, 4) is 11.5 Å². The van der Waals surface area contributed by atoms with Crippen molar-refractivity contribution in [2.24, 2.45) is 7.05 Å². The van der Waals surface area contributed by atoms with Crippen LogP contribution in [-0.2, 0) is 7.05 Å². The smallest absolute Gasteiger partial charge is 0.343 e. The summed E-state index contributed by atoms with van der Waals surface area (Å²) in [4.78, 5) is 25.3. The number of rotatable bonds is 4. The lowest BCUT2D eigenvalue weighted by Crippen LogP contribution is -2.31. The number of pyridine rings is 1. The van der Waals surface area contributed by atoms with Crippen LogP contribution in [0.4, 0.5) is 0 Å². The molecular weight excluding hydrogens is 378 g/mol. The topological polar surface area (TPSA) is 56.5 Å². The van der Waals surface area contributed by atoms with Crippen LogP contribution >= 0.6 is 0 Å². The van der Waals surface area contributed by atoms with Crippen LogP contribution in [0.25, 0.3) is 10.8 Å². The number of nitrogens with zero attached hydrogens (tertiary/aromatic N) is 1. The van der Waals surface area contributed by atoms with Crippen LogP contribution in [0.2, 0.25) is 0 Å². The first-order chi connectivity index (χ1) is 14.5. The van der Waals surface area contributed by atoms with Gasteiger partial charge in [-0.05, 0) is 41.8 Å². The van der Waals surface area contributed by atoms with E-state index in [1.807, 2.05) is 42.9 Å². The minimum Gasteiger partial charge on any atom is -0.419 e. The molecule has 0 spiro atoms. The highest BCUT2D eigenvalue weighted by Crippen LogP contribution is 2.34. The Bertz CT molecular complexity index is 1230. The fraction of sp³-hybridized carbons (Fsp3) is 0.0800. The van der Waals surface area contributed by atoms with Crippen molar-refractivity contribution in [1.82, 2.24) is 0 Å². The zero-order valence-corrected chi connectivity index (χ0v) is 16.7. The lowest BCUT2D eigenvalue weighted by Gasteiger charge is -2.12. The summed E-state index contributed by atoms with van der Waals surface area (Å²) >= 11 is 0. The van der Waals surface area contributed by atoms with Crippen molar-refractivity contribution in [2.45, 2.75) is 6.92 Å². The molecule has 0 saturated heterocycles. The molecule has 0 aliphatic carbocycles. The molecule has 0 unspecified atom stereocenters. The molecule has 3 aromatic carbocycles. The van der Waals surface area contributed by atoms with Gasteiger partial charge in [0.2, 0.25) is 0 Å². The minimum atomic E-state index is -0.523. The van der Waals surface area contributed by atoms with Gasteiger partial charge in [0.1, 0.15) is 7.05 Å². The highest BCUT2D eigenvalue weighted by atomic mass is 16.6. The van der Waals surface area contributed by atoms with Gasteiger partial charge in [-0.15, -0.1) is 0 Å². The monoisotopic (exact) mass is 398 g/mol. The standard InChI is InChI=1S/C25H20NO4/c1-17-21-16-23(30-25(28)19-11-7-4-8-12-19)22(15-20(21)13-14-26(17)2)29-24(27)18-9-5-3-6-10-18/h3-16H,1-2H3/q+1. The minimum absolute atomic E-state index is 0.189. The summed E-state index contributed by atoms with van der Waals surface area (Å²) in [6.45, 7) is 1.97. The van der Waals surface area contributed by atoms with Crippen molar-refractivity contribution in [3.63, 3.8) is 0 Å². The van der Waals surface area contributed by atoms with Crippen molar-refractivity contribution in [1.29, 1.82) is 0 Å². The van der Waals surface area contributed by atoms with E-state index in [9.17, 15) is 9.59 Å². The van der Waals surface area contributed by atoms with E-state index < -0.39 is 11.9 Å². The molecule has 0 atom stereocenters. The summed E-state index contributed by atoms with van der Waals surface area (Å²) < 4.78 is 13.2. The van der Waals surface area contributed by atoms with Crippen molar-refractivity contribution < 1.29 is 23.6 Å². The van der Waals surface area contributed by atoms with Gasteiger partial charge in [-0.3, -0.25) is 0 Å². The first-order valence-corrected chi connectivity index (χ1v) is 9.50. The maximum atomic E-state index is 12.6. The van der Waals surface area contributed by atoms with E-state index in [0.29, 0.717) is 11.1 Å². The molecule has 0 bridgehead atoms. The lowest BCUT2D eigenvalue weighted by atomic mass is 10.1. The molecule has 0 amide bonds. The Hall–Kier alpha value is -3.99. The van der Waals surface area contributed by atoms with Gasteiger partial charge < -0.3 is 9.47 Å². The highest BCUT2D eigenvalue weighted by Gasteiger charge is 2.19. The second-order valence-corrected chi connectivity index (χ2v) is 6.91. The zero-order valence-electron chi connectivity index (χ0n) is 16.7. The van der Waals surface area contributed by atoms with Gasteiger partial charge in [0.25, 0.3) is 0 Å².